The molecule has 4 nitrogen and oxygen atoms in total. The van der Waals surface area contributed by atoms with Gasteiger partial charge in [0.1, 0.15) is 0 Å². The predicted octanol–water partition coefficient (Wildman–Crippen LogP) is 0.657. The van der Waals surface area contributed by atoms with Crippen molar-refractivity contribution in [3.8, 4) is 0 Å². The molecule has 0 bridgehead atoms. The first kappa shape index (κ1) is 12.5. The van der Waals surface area contributed by atoms with Crippen molar-refractivity contribution >= 4 is 5.91 Å². The summed E-state index contributed by atoms with van der Waals surface area (Å²) in [7, 11) is 1.61. The van der Waals surface area contributed by atoms with Crippen LogP contribution < -0.4 is 11.1 Å². The molecule has 1 saturated carbocycles. The fraction of sp³-hybridized carbons (Fsp3) is 0.909. The maximum absolute atomic E-state index is 11.4. The second-order valence-electron chi connectivity index (χ2n) is 4.26. The molecule has 1 rings (SSSR count). The summed E-state index contributed by atoms with van der Waals surface area (Å²) in [6, 6.07) is -0.425. The van der Waals surface area contributed by atoms with Gasteiger partial charge in [-0.15, -0.1) is 0 Å². The SMILES string of the molecule is COCCC(N)C(=O)NCCCC1CC1. The molecule has 0 aromatic carbocycles. The number of methoxy groups -OCH3 is 1. The number of nitrogens with one attached hydrogen (secondary N) is 1. The molecule has 88 valence electrons. The smallest absolute Gasteiger partial charge is 0.237 e. The second kappa shape index (κ2) is 6.80. The molecule has 0 aromatic heterocycles. The van der Waals surface area contributed by atoms with Crippen molar-refractivity contribution in [1.82, 2.24) is 5.32 Å². The first-order chi connectivity index (χ1) is 7.24. The van der Waals surface area contributed by atoms with E-state index >= 15 is 0 Å². The molecule has 1 fully saturated rings. The van der Waals surface area contributed by atoms with E-state index in [0.29, 0.717) is 13.0 Å². The average Bonchev–Trinajstić information content (AvgIpc) is 3.04. The lowest BCUT2D eigenvalue weighted by molar-refractivity contribution is -0.122. The molecule has 15 heavy (non-hydrogen) atoms. The van der Waals surface area contributed by atoms with Gasteiger partial charge in [0.15, 0.2) is 0 Å². The van der Waals surface area contributed by atoms with Crippen molar-refractivity contribution in [2.24, 2.45) is 11.7 Å². The van der Waals surface area contributed by atoms with Crippen molar-refractivity contribution in [2.75, 3.05) is 20.3 Å². The Morgan fingerprint density at radius 1 is 1.60 bits per heavy atom. The van der Waals surface area contributed by atoms with Crippen molar-refractivity contribution in [2.45, 2.75) is 38.1 Å². The third kappa shape index (κ3) is 5.74. The Labute approximate surface area is 91.5 Å². The number of carbonyl (C=O) groups excluding carboxylic acids is 1. The van der Waals surface area contributed by atoms with Crippen LogP contribution in [0.15, 0.2) is 0 Å². The van der Waals surface area contributed by atoms with Crippen LogP contribution in [0.4, 0.5) is 0 Å². The van der Waals surface area contributed by atoms with E-state index in [0.717, 1.165) is 18.9 Å². The van der Waals surface area contributed by atoms with Gasteiger partial charge in [-0.1, -0.05) is 12.8 Å². The molecular formula is C11H22N2O2. The minimum atomic E-state index is -0.425. The molecule has 1 aliphatic rings. The molecule has 1 atom stereocenters. The summed E-state index contributed by atoms with van der Waals surface area (Å²) in [5, 5.41) is 2.85. The standard InChI is InChI=1S/C11H22N2O2/c1-15-8-6-10(12)11(14)13-7-2-3-9-4-5-9/h9-10H,2-8,12H2,1H3,(H,13,14). The monoisotopic (exact) mass is 214 g/mol. The first-order valence-corrected chi connectivity index (χ1v) is 5.76. The molecule has 0 heterocycles. The molecule has 3 N–H and O–H groups in total. The number of carbonyl (C=O) groups is 1. The van der Waals surface area contributed by atoms with Crippen molar-refractivity contribution in [1.29, 1.82) is 0 Å². The van der Waals surface area contributed by atoms with Gasteiger partial charge < -0.3 is 15.8 Å². The minimum absolute atomic E-state index is 0.0529. The van der Waals surface area contributed by atoms with Crippen molar-refractivity contribution in [3.05, 3.63) is 0 Å². The van der Waals surface area contributed by atoms with Crippen LogP contribution in [0.2, 0.25) is 0 Å². The van der Waals surface area contributed by atoms with Crippen LogP contribution >= 0.6 is 0 Å². The molecule has 4 heteroatoms. The van der Waals surface area contributed by atoms with E-state index in [1.807, 2.05) is 0 Å². The summed E-state index contributed by atoms with van der Waals surface area (Å²) < 4.78 is 4.87. The topological polar surface area (TPSA) is 64.3 Å². The molecule has 1 amide bonds. The van der Waals surface area contributed by atoms with Crippen LogP contribution in [0.25, 0.3) is 0 Å². The number of nitrogens with two attached hydrogens (primary N) is 1. The molecule has 0 saturated heterocycles. The van der Waals surface area contributed by atoms with E-state index in [2.05, 4.69) is 5.32 Å². The van der Waals surface area contributed by atoms with Gasteiger partial charge in [0.25, 0.3) is 0 Å². The van der Waals surface area contributed by atoms with E-state index < -0.39 is 6.04 Å². The summed E-state index contributed by atoms with van der Waals surface area (Å²) >= 11 is 0. The Balaban J connectivity index is 1.95. The summed E-state index contributed by atoms with van der Waals surface area (Å²) in [6.07, 6.45) is 5.66. The minimum Gasteiger partial charge on any atom is -0.385 e. The Morgan fingerprint density at radius 3 is 2.93 bits per heavy atom. The molecular weight excluding hydrogens is 192 g/mol. The Kier molecular flexibility index (Phi) is 5.65. The highest BCUT2D eigenvalue weighted by Crippen LogP contribution is 2.33. The Bertz CT molecular complexity index is 193. The highest BCUT2D eigenvalue weighted by atomic mass is 16.5. The van der Waals surface area contributed by atoms with Gasteiger partial charge in [-0.2, -0.15) is 0 Å². The van der Waals surface area contributed by atoms with E-state index in [1.54, 1.807) is 7.11 Å². The third-order valence-electron chi connectivity index (χ3n) is 2.76. The first-order valence-electron chi connectivity index (χ1n) is 5.76. The number of ether oxygens (including phenoxy) is 1. The molecule has 0 spiro atoms. The normalized spacial score (nSPS) is 17.5. The van der Waals surface area contributed by atoms with Gasteiger partial charge in [0.05, 0.1) is 6.04 Å². The quantitative estimate of drug-likeness (QED) is 0.583. The van der Waals surface area contributed by atoms with E-state index in [-0.39, 0.29) is 5.91 Å². The largest absolute Gasteiger partial charge is 0.385 e. The van der Waals surface area contributed by atoms with Gasteiger partial charge in [-0.3, -0.25) is 4.79 Å². The number of amides is 1. The van der Waals surface area contributed by atoms with Crippen LogP contribution in [0.5, 0.6) is 0 Å². The second-order valence-corrected chi connectivity index (χ2v) is 4.26. The van der Waals surface area contributed by atoms with Gasteiger partial charge in [-0.05, 0) is 25.2 Å². The highest BCUT2D eigenvalue weighted by molar-refractivity contribution is 5.81. The molecule has 0 aliphatic heterocycles. The Hall–Kier alpha value is -0.610. The van der Waals surface area contributed by atoms with Crippen molar-refractivity contribution in [3.63, 3.8) is 0 Å². The molecule has 0 aromatic rings. The van der Waals surface area contributed by atoms with Crippen molar-refractivity contribution < 1.29 is 9.53 Å². The summed E-state index contributed by atoms with van der Waals surface area (Å²) in [4.78, 5) is 11.4. The average molecular weight is 214 g/mol. The fourth-order valence-corrected chi connectivity index (χ4v) is 1.52. The maximum atomic E-state index is 11.4. The zero-order chi connectivity index (χ0) is 11.1. The van der Waals surface area contributed by atoms with Crippen LogP contribution in [0, 0.1) is 5.92 Å². The summed E-state index contributed by atoms with van der Waals surface area (Å²) in [5.74, 6) is 0.881. The van der Waals surface area contributed by atoms with Gasteiger partial charge in [-0.25, -0.2) is 0 Å². The van der Waals surface area contributed by atoms with Gasteiger partial charge in [0.2, 0.25) is 5.91 Å². The maximum Gasteiger partial charge on any atom is 0.237 e. The molecule has 1 unspecified atom stereocenters. The number of hydrogen-bond acceptors (Lipinski definition) is 3. The third-order valence-corrected chi connectivity index (χ3v) is 2.76. The molecule has 0 radical (unpaired) electrons. The summed E-state index contributed by atoms with van der Waals surface area (Å²) in [6.45, 7) is 1.30. The molecule has 1 aliphatic carbocycles. The van der Waals surface area contributed by atoms with Crippen LogP contribution in [-0.4, -0.2) is 32.2 Å². The lowest BCUT2D eigenvalue weighted by Crippen LogP contribution is -2.41. The van der Waals surface area contributed by atoms with Gasteiger partial charge >= 0.3 is 0 Å². The van der Waals surface area contributed by atoms with Crippen LogP contribution in [0.1, 0.15) is 32.1 Å². The van der Waals surface area contributed by atoms with E-state index in [9.17, 15) is 4.79 Å². The predicted molar refractivity (Wildman–Crippen MR) is 59.4 cm³/mol. The van der Waals surface area contributed by atoms with Crippen LogP contribution in [0.3, 0.4) is 0 Å². The van der Waals surface area contributed by atoms with Gasteiger partial charge in [0, 0.05) is 20.3 Å². The summed E-state index contributed by atoms with van der Waals surface area (Å²) in [5.41, 5.74) is 5.67. The van der Waals surface area contributed by atoms with E-state index in [4.69, 9.17) is 10.5 Å². The zero-order valence-electron chi connectivity index (χ0n) is 9.50. The lowest BCUT2D eigenvalue weighted by Gasteiger charge is -2.11. The number of rotatable bonds is 8. The van der Waals surface area contributed by atoms with Crippen LogP contribution in [-0.2, 0) is 9.53 Å². The Morgan fingerprint density at radius 2 is 2.33 bits per heavy atom. The highest BCUT2D eigenvalue weighted by Gasteiger charge is 2.20. The zero-order valence-corrected chi connectivity index (χ0v) is 9.50. The lowest BCUT2D eigenvalue weighted by atomic mass is 10.2. The van der Waals surface area contributed by atoms with E-state index in [1.165, 1.54) is 19.3 Å². The fourth-order valence-electron chi connectivity index (χ4n) is 1.52. The number of hydrogen-bond donors (Lipinski definition) is 2.